The van der Waals surface area contributed by atoms with Crippen molar-refractivity contribution in [2.45, 2.75) is 38.4 Å². The number of carbonyl (C=O) groups is 2. The molecular weight excluding hydrogens is 389 g/mol. The molecule has 1 fully saturated rings. The van der Waals surface area contributed by atoms with Gasteiger partial charge < -0.3 is 19.8 Å². The Hall–Kier alpha value is -3.13. The molecule has 0 unspecified atom stereocenters. The van der Waals surface area contributed by atoms with E-state index in [0.717, 1.165) is 18.4 Å². The average molecular weight is 413 g/mol. The van der Waals surface area contributed by atoms with E-state index in [-0.39, 0.29) is 12.4 Å². The number of rotatable bonds is 8. The van der Waals surface area contributed by atoms with E-state index in [1.54, 1.807) is 31.2 Å². The quantitative estimate of drug-likeness (QED) is 0.649. The Morgan fingerprint density at radius 3 is 2.63 bits per heavy atom. The van der Waals surface area contributed by atoms with Crippen LogP contribution < -0.4 is 10.6 Å². The fraction of sp³-hybridized carbons (Fsp3) is 0.364. The number of urea groups is 1. The van der Waals surface area contributed by atoms with Gasteiger partial charge in [-0.15, -0.1) is 0 Å². The Bertz CT molecular complexity index is 936. The lowest BCUT2D eigenvalue weighted by Gasteiger charge is -2.31. The minimum atomic E-state index is -0.727. The fourth-order valence-electron chi connectivity index (χ4n) is 3.64. The highest BCUT2D eigenvalue weighted by Crippen LogP contribution is 2.32. The number of halogens is 1. The lowest BCUT2D eigenvalue weighted by molar-refractivity contribution is -0.139. The van der Waals surface area contributed by atoms with Gasteiger partial charge in [-0.3, -0.25) is 4.90 Å². The van der Waals surface area contributed by atoms with Crippen molar-refractivity contribution >= 4 is 12.0 Å². The summed E-state index contributed by atoms with van der Waals surface area (Å²) in [6.45, 7) is 2.90. The zero-order valence-electron chi connectivity index (χ0n) is 16.7. The van der Waals surface area contributed by atoms with Crippen molar-refractivity contribution in [3.8, 4) is 0 Å². The summed E-state index contributed by atoms with van der Waals surface area (Å²) >= 11 is 0. The first-order chi connectivity index (χ1) is 14.5. The van der Waals surface area contributed by atoms with Crippen molar-refractivity contribution < 1.29 is 23.1 Å². The minimum absolute atomic E-state index is 0.219. The van der Waals surface area contributed by atoms with Gasteiger partial charge >= 0.3 is 12.0 Å². The Balaban J connectivity index is 1.65. The van der Waals surface area contributed by atoms with Gasteiger partial charge in [0, 0.05) is 24.8 Å². The van der Waals surface area contributed by atoms with Crippen LogP contribution in [0.15, 0.2) is 58.3 Å². The molecule has 1 atom stereocenters. The van der Waals surface area contributed by atoms with Crippen molar-refractivity contribution in [3.05, 3.63) is 71.1 Å². The molecule has 1 aromatic carbocycles. The first-order valence-electron chi connectivity index (χ1n) is 10.0. The molecule has 8 heteroatoms. The minimum Gasteiger partial charge on any atom is -0.467 e. The maximum Gasteiger partial charge on any atom is 0.338 e. The van der Waals surface area contributed by atoms with Crippen molar-refractivity contribution in [3.63, 3.8) is 0 Å². The van der Waals surface area contributed by atoms with E-state index in [1.807, 2.05) is 0 Å². The molecule has 2 N–H and O–H groups in total. The highest BCUT2D eigenvalue weighted by Gasteiger charge is 2.37. The SMILES string of the molecule is CCOC(=O)C1=C(CN(Cc2ccc(F)cc2)C2CC2)NC(=O)N[C@H]1c1ccco1. The second-order valence-electron chi connectivity index (χ2n) is 7.42. The molecule has 1 aliphatic heterocycles. The van der Waals surface area contributed by atoms with Crippen LogP contribution in [-0.2, 0) is 16.1 Å². The molecule has 2 aliphatic rings. The molecule has 0 spiro atoms. The van der Waals surface area contributed by atoms with Gasteiger partial charge in [-0.2, -0.15) is 0 Å². The fourth-order valence-corrected chi connectivity index (χ4v) is 3.64. The molecule has 0 bridgehead atoms. The number of carbonyl (C=O) groups excluding carboxylic acids is 2. The number of nitrogens with zero attached hydrogens (tertiary/aromatic N) is 1. The van der Waals surface area contributed by atoms with E-state index in [0.29, 0.717) is 36.2 Å². The third-order valence-electron chi connectivity index (χ3n) is 5.20. The Labute approximate surface area is 173 Å². The number of hydrogen-bond acceptors (Lipinski definition) is 5. The van der Waals surface area contributed by atoms with Gasteiger partial charge in [-0.1, -0.05) is 12.1 Å². The second-order valence-corrected chi connectivity index (χ2v) is 7.42. The van der Waals surface area contributed by atoms with Crippen LogP contribution in [0.5, 0.6) is 0 Å². The number of ether oxygens (including phenoxy) is 1. The van der Waals surface area contributed by atoms with Crippen molar-refractivity contribution in [2.24, 2.45) is 0 Å². The summed E-state index contributed by atoms with van der Waals surface area (Å²) in [5, 5.41) is 5.54. The molecule has 1 aliphatic carbocycles. The molecule has 1 aromatic heterocycles. The summed E-state index contributed by atoms with van der Waals surface area (Å²) in [5.41, 5.74) is 1.79. The Kier molecular flexibility index (Phi) is 5.85. The maximum atomic E-state index is 13.3. The summed E-state index contributed by atoms with van der Waals surface area (Å²) in [6.07, 6.45) is 3.57. The largest absolute Gasteiger partial charge is 0.467 e. The molecule has 2 aromatic rings. The molecule has 7 nitrogen and oxygen atoms in total. The molecule has 0 radical (unpaired) electrons. The highest BCUT2D eigenvalue weighted by atomic mass is 19.1. The van der Waals surface area contributed by atoms with Gasteiger partial charge in [0.2, 0.25) is 0 Å². The zero-order valence-corrected chi connectivity index (χ0v) is 16.7. The topological polar surface area (TPSA) is 83.8 Å². The lowest BCUT2D eigenvalue weighted by atomic mass is 9.99. The van der Waals surface area contributed by atoms with Crippen LogP contribution >= 0.6 is 0 Å². The number of hydrogen-bond donors (Lipinski definition) is 2. The van der Waals surface area contributed by atoms with E-state index in [4.69, 9.17) is 9.15 Å². The van der Waals surface area contributed by atoms with Crippen molar-refractivity contribution in [2.75, 3.05) is 13.2 Å². The van der Waals surface area contributed by atoms with Gasteiger partial charge in [-0.25, -0.2) is 14.0 Å². The third kappa shape index (κ3) is 4.54. The van der Waals surface area contributed by atoms with Crippen LogP contribution in [-0.4, -0.2) is 36.1 Å². The first-order valence-corrected chi connectivity index (χ1v) is 10.0. The summed E-state index contributed by atoms with van der Waals surface area (Å²) in [4.78, 5) is 27.4. The van der Waals surface area contributed by atoms with Gasteiger partial charge in [0.15, 0.2) is 0 Å². The molecule has 30 heavy (non-hydrogen) atoms. The zero-order chi connectivity index (χ0) is 21.1. The Morgan fingerprint density at radius 1 is 1.23 bits per heavy atom. The van der Waals surface area contributed by atoms with Gasteiger partial charge in [-0.05, 0) is 49.6 Å². The normalized spacial score (nSPS) is 18.9. The van der Waals surface area contributed by atoms with Gasteiger partial charge in [0.1, 0.15) is 17.6 Å². The summed E-state index contributed by atoms with van der Waals surface area (Å²) in [5.74, 6) is -0.322. The highest BCUT2D eigenvalue weighted by molar-refractivity contribution is 5.95. The number of furan rings is 1. The van der Waals surface area contributed by atoms with Gasteiger partial charge in [0.25, 0.3) is 0 Å². The van der Waals surface area contributed by atoms with Crippen LogP contribution in [0, 0.1) is 5.82 Å². The van der Waals surface area contributed by atoms with E-state index >= 15 is 0 Å². The Morgan fingerprint density at radius 2 is 2.00 bits per heavy atom. The van der Waals surface area contributed by atoms with Crippen LogP contribution in [0.2, 0.25) is 0 Å². The maximum absolute atomic E-state index is 13.3. The van der Waals surface area contributed by atoms with Crippen LogP contribution in [0.1, 0.15) is 37.1 Å². The van der Waals surface area contributed by atoms with Crippen molar-refractivity contribution in [1.29, 1.82) is 0 Å². The molecule has 1 saturated carbocycles. The molecule has 158 valence electrons. The number of benzene rings is 1. The second kappa shape index (κ2) is 8.71. The molecule has 2 heterocycles. The van der Waals surface area contributed by atoms with E-state index < -0.39 is 18.0 Å². The number of nitrogens with one attached hydrogen (secondary N) is 2. The van der Waals surface area contributed by atoms with E-state index in [2.05, 4.69) is 15.5 Å². The first kappa shape index (κ1) is 20.2. The van der Waals surface area contributed by atoms with Crippen LogP contribution in [0.4, 0.5) is 9.18 Å². The summed E-state index contributed by atoms with van der Waals surface area (Å²) in [7, 11) is 0. The van der Waals surface area contributed by atoms with Crippen LogP contribution in [0.3, 0.4) is 0 Å². The van der Waals surface area contributed by atoms with E-state index in [9.17, 15) is 14.0 Å². The van der Waals surface area contributed by atoms with Gasteiger partial charge in [0.05, 0.1) is 18.4 Å². The predicted octanol–water partition coefficient (Wildman–Crippen LogP) is 3.25. The standard InChI is InChI=1S/C22H24FN3O4/c1-2-29-21(27)19-17(24-22(28)25-20(19)18-4-3-11-30-18)13-26(16-9-10-16)12-14-5-7-15(23)8-6-14/h3-8,11,16,20H,2,9-10,12-13H2,1H3,(H2,24,25,28)/t20-/m0/s1. The number of esters is 1. The smallest absolute Gasteiger partial charge is 0.338 e. The number of amides is 2. The van der Waals surface area contributed by atoms with E-state index in [1.165, 1.54) is 18.4 Å². The summed E-state index contributed by atoms with van der Waals surface area (Å²) in [6, 6.07) is 9.00. The molecular formula is C22H24FN3O4. The van der Waals surface area contributed by atoms with Crippen molar-refractivity contribution in [1.82, 2.24) is 15.5 Å². The monoisotopic (exact) mass is 413 g/mol. The van der Waals surface area contributed by atoms with Crippen LogP contribution in [0.25, 0.3) is 0 Å². The molecule has 4 rings (SSSR count). The summed E-state index contributed by atoms with van der Waals surface area (Å²) < 4.78 is 24.0. The molecule has 2 amide bonds. The average Bonchev–Trinajstić information content (AvgIpc) is 3.42. The molecule has 0 saturated heterocycles. The lowest BCUT2D eigenvalue weighted by Crippen LogP contribution is -2.48. The third-order valence-corrected chi connectivity index (χ3v) is 5.20. The predicted molar refractivity (Wildman–Crippen MR) is 107 cm³/mol.